The topological polar surface area (TPSA) is 67.8 Å². The normalized spacial score (nSPS) is 26.3. The zero-order chi connectivity index (χ0) is 19.1. The van der Waals surface area contributed by atoms with Gasteiger partial charge in [0.1, 0.15) is 0 Å². The molecule has 1 amide bonds. The van der Waals surface area contributed by atoms with Crippen LogP contribution >= 0.6 is 11.3 Å². The molecule has 0 unspecified atom stereocenters. The van der Waals surface area contributed by atoms with Crippen LogP contribution in [0.5, 0.6) is 0 Å². The second kappa shape index (κ2) is 10.2. The van der Waals surface area contributed by atoms with Crippen LogP contribution < -0.4 is 5.32 Å². The molecule has 5 nitrogen and oxygen atoms in total. The minimum atomic E-state index is -0.469. The molecule has 1 aromatic heterocycles. The molecule has 1 fully saturated rings. The second-order valence-corrected chi connectivity index (χ2v) is 8.17. The monoisotopic (exact) mass is 393 g/mol. The van der Waals surface area contributed by atoms with E-state index in [0.717, 1.165) is 19.3 Å². The van der Waals surface area contributed by atoms with E-state index in [1.807, 2.05) is 13.0 Å². The van der Waals surface area contributed by atoms with E-state index in [1.165, 1.54) is 24.8 Å². The lowest BCUT2D eigenvalue weighted by Crippen LogP contribution is -2.42. The summed E-state index contributed by atoms with van der Waals surface area (Å²) in [6, 6.07) is 2.34. The standard InChI is InChI=1S/C21H31NO4S/c1-2-25-21-17(9-6-11-23)18(15-10-12-27-14-15)13-19(26-21)20(24)22-16-7-4-3-5-8-16/h10,12-14,16-18,21,23H,2-9,11H2,1H3,(H,22,24)/t17-,18-,21-/m0/s1. The zero-order valence-corrected chi connectivity index (χ0v) is 16.9. The molecule has 0 radical (unpaired) electrons. The number of hydrogen-bond acceptors (Lipinski definition) is 5. The molecule has 1 saturated carbocycles. The Bertz CT molecular complexity index is 610. The van der Waals surface area contributed by atoms with Gasteiger partial charge in [-0.1, -0.05) is 19.3 Å². The summed E-state index contributed by atoms with van der Waals surface area (Å²) in [6.45, 7) is 2.60. The van der Waals surface area contributed by atoms with E-state index in [-0.39, 0.29) is 30.4 Å². The maximum Gasteiger partial charge on any atom is 0.286 e. The van der Waals surface area contributed by atoms with Crippen LogP contribution in [0.3, 0.4) is 0 Å². The van der Waals surface area contributed by atoms with Crippen LogP contribution in [0.1, 0.15) is 63.4 Å². The van der Waals surface area contributed by atoms with Crippen molar-refractivity contribution in [3.05, 3.63) is 34.2 Å². The Morgan fingerprint density at radius 2 is 2.19 bits per heavy atom. The number of carbonyl (C=O) groups excluding carboxylic acids is 1. The van der Waals surface area contributed by atoms with E-state index in [0.29, 0.717) is 18.8 Å². The fourth-order valence-electron chi connectivity index (χ4n) is 4.11. The molecule has 3 rings (SSSR count). The Labute approximate surface area is 165 Å². The highest BCUT2D eigenvalue weighted by atomic mass is 32.1. The van der Waals surface area contributed by atoms with Crippen molar-refractivity contribution in [2.75, 3.05) is 13.2 Å². The largest absolute Gasteiger partial charge is 0.459 e. The Morgan fingerprint density at radius 3 is 2.85 bits per heavy atom. The maximum atomic E-state index is 12.9. The van der Waals surface area contributed by atoms with Gasteiger partial charge in [-0.25, -0.2) is 0 Å². The smallest absolute Gasteiger partial charge is 0.286 e. The first-order chi connectivity index (χ1) is 13.2. The Morgan fingerprint density at radius 1 is 1.37 bits per heavy atom. The first-order valence-electron chi connectivity index (χ1n) is 10.2. The maximum absolute atomic E-state index is 12.9. The van der Waals surface area contributed by atoms with Crippen molar-refractivity contribution in [1.29, 1.82) is 0 Å². The summed E-state index contributed by atoms with van der Waals surface area (Å²) >= 11 is 1.65. The molecule has 150 valence electrons. The molecule has 1 aromatic rings. The van der Waals surface area contributed by atoms with E-state index in [1.54, 1.807) is 11.3 Å². The van der Waals surface area contributed by atoms with Crippen molar-refractivity contribution in [2.45, 2.75) is 70.1 Å². The zero-order valence-electron chi connectivity index (χ0n) is 16.1. The molecular formula is C21H31NO4S. The van der Waals surface area contributed by atoms with E-state index in [4.69, 9.17) is 9.47 Å². The van der Waals surface area contributed by atoms with Gasteiger partial charge in [0.05, 0.1) is 0 Å². The van der Waals surface area contributed by atoms with Gasteiger partial charge in [0, 0.05) is 31.1 Å². The van der Waals surface area contributed by atoms with Crippen molar-refractivity contribution >= 4 is 17.2 Å². The Hall–Kier alpha value is -1.37. The van der Waals surface area contributed by atoms with Crippen LogP contribution in [0.15, 0.2) is 28.7 Å². The van der Waals surface area contributed by atoms with E-state index < -0.39 is 6.29 Å². The Balaban J connectivity index is 1.80. The quantitative estimate of drug-likeness (QED) is 0.702. The molecule has 1 aliphatic carbocycles. The molecule has 0 spiro atoms. The number of thiophene rings is 1. The fourth-order valence-corrected chi connectivity index (χ4v) is 4.82. The van der Waals surface area contributed by atoms with Crippen molar-refractivity contribution < 1.29 is 19.4 Å². The van der Waals surface area contributed by atoms with Crippen LogP contribution in [0.4, 0.5) is 0 Å². The van der Waals surface area contributed by atoms with E-state index in [2.05, 4.69) is 22.1 Å². The third-order valence-electron chi connectivity index (χ3n) is 5.50. The third-order valence-corrected chi connectivity index (χ3v) is 6.21. The summed E-state index contributed by atoms with van der Waals surface area (Å²) in [7, 11) is 0. The van der Waals surface area contributed by atoms with Gasteiger partial charge in [-0.05, 0) is 61.1 Å². The minimum Gasteiger partial charge on any atom is -0.459 e. The molecule has 27 heavy (non-hydrogen) atoms. The number of ether oxygens (including phenoxy) is 2. The minimum absolute atomic E-state index is 0.0557. The SMILES string of the molecule is CCO[C@H]1OC(C(=O)NC2CCCCC2)=C[C@@H](c2ccsc2)[C@@H]1CCCO. The summed E-state index contributed by atoms with van der Waals surface area (Å²) in [6.07, 6.45) is 8.65. The van der Waals surface area contributed by atoms with E-state index >= 15 is 0 Å². The average molecular weight is 394 g/mol. The van der Waals surface area contributed by atoms with Gasteiger partial charge in [-0.15, -0.1) is 0 Å². The molecule has 2 heterocycles. The van der Waals surface area contributed by atoms with Crippen LogP contribution in [0, 0.1) is 5.92 Å². The highest BCUT2D eigenvalue weighted by Crippen LogP contribution is 2.40. The van der Waals surface area contributed by atoms with Crippen LogP contribution in [0.2, 0.25) is 0 Å². The molecule has 0 saturated heterocycles. The van der Waals surface area contributed by atoms with Gasteiger partial charge in [-0.3, -0.25) is 4.79 Å². The van der Waals surface area contributed by atoms with Gasteiger partial charge in [0.25, 0.3) is 5.91 Å². The van der Waals surface area contributed by atoms with Gasteiger partial charge in [0.2, 0.25) is 6.29 Å². The lowest BCUT2D eigenvalue weighted by Gasteiger charge is -2.37. The van der Waals surface area contributed by atoms with Gasteiger partial charge in [-0.2, -0.15) is 11.3 Å². The summed E-state index contributed by atoms with van der Waals surface area (Å²) in [5.41, 5.74) is 1.18. The summed E-state index contributed by atoms with van der Waals surface area (Å²) < 4.78 is 11.9. The molecular weight excluding hydrogens is 362 g/mol. The van der Waals surface area contributed by atoms with Crippen molar-refractivity contribution in [1.82, 2.24) is 5.32 Å². The van der Waals surface area contributed by atoms with Crippen molar-refractivity contribution in [3.63, 3.8) is 0 Å². The molecule has 2 N–H and O–H groups in total. The second-order valence-electron chi connectivity index (χ2n) is 7.39. The number of amides is 1. The first kappa shape index (κ1) is 20.4. The van der Waals surface area contributed by atoms with Gasteiger partial charge in [0.15, 0.2) is 5.76 Å². The highest BCUT2D eigenvalue weighted by molar-refractivity contribution is 7.08. The van der Waals surface area contributed by atoms with Gasteiger partial charge < -0.3 is 19.9 Å². The van der Waals surface area contributed by atoms with Crippen LogP contribution in [-0.2, 0) is 14.3 Å². The Kier molecular flexibility index (Phi) is 7.73. The van der Waals surface area contributed by atoms with Crippen molar-refractivity contribution in [3.8, 4) is 0 Å². The molecule has 0 bridgehead atoms. The fraction of sp³-hybridized carbons (Fsp3) is 0.667. The number of hydrogen-bond donors (Lipinski definition) is 2. The molecule has 3 atom stereocenters. The van der Waals surface area contributed by atoms with Crippen LogP contribution in [0.25, 0.3) is 0 Å². The average Bonchev–Trinajstić information content (AvgIpc) is 3.22. The van der Waals surface area contributed by atoms with E-state index in [9.17, 15) is 9.90 Å². The number of allylic oxidation sites excluding steroid dienone is 1. The summed E-state index contributed by atoms with van der Waals surface area (Å²) in [5, 5.41) is 16.6. The number of aliphatic hydroxyl groups excluding tert-OH is 1. The summed E-state index contributed by atoms with van der Waals surface area (Å²) in [4.78, 5) is 12.9. The molecule has 6 heteroatoms. The lowest BCUT2D eigenvalue weighted by molar-refractivity contribution is -0.166. The molecule has 0 aromatic carbocycles. The molecule has 1 aliphatic heterocycles. The summed E-state index contributed by atoms with van der Waals surface area (Å²) in [5.74, 6) is 0.376. The lowest BCUT2D eigenvalue weighted by atomic mass is 9.81. The molecule has 2 aliphatic rings. The predicted molar refractivity (Wildman–Crippen MR) is 106 cm³/mol. The predicted octanol–water partition coefficient (Wildman–Crippen LogP) is 3.95. The van der Waals surface area contributed by atoms with Gasteiger partial charge >= 0.3 is 0 Å². The van der Waals surface area contributed by atoms with Crippen LogP contribution in [-0.4, -0.2) is 36.6 Å². The number of nitrogens with one attached hydrogen (secondary N) is 1. The first-order valence-corrected chi connectivity index (χ1v) is 11.1. The third kappa shape index (κ3) is 5.33. The highest BCUT2D eigenvalue weighted by Gasteiger charge is 2.38. The number of rotatable bonds is 8. The number of carbonyl (C=O) groups is 1. The number of aliphatic hydroxyl groups is 1. The van der Waals surface area contributed by atoms with Crippen molar-refractivity contribution in [2.24, 2.45) is 5.92 Å².